The lowest BCUT2D eigenvalue weighted by Crippen LogP contribution is -2.44. The lowest BCUT2D eigenvalue weighted by atomic mass is 9.87. The maximum Gasteiger partial charge on any atom is 0.256 e. The van der Waals surface area contributed by atoms with Gasteiger partial charge in [0.25, 0.3) is 5.91 Å². The summed E-state index contributed by atoms with van der Waals surface area (Å²) < 4.78 is 0. The monoisotopic (exact) mass is 455 g/mol. The van der Waals surface area contributed by atoms with Gasteiger partial charge in [0, 0.05) is 43.1 Å². The second-order valence-corrected chi connectivity index (χ2v) is 9.99. The number of piperazine rings is 1. The summed E-state index contributed by atoms with van der Waals surface area (Å²) >= 11 is 0. The third-order valence-electron chi connectivity index (χ3n) is 6.82. The highest BCUT2D eigenvalue weighted by Crippen LogP contribution is 2.34. The van der Waals surface area contributed by atoms with Gasteiger partial charge in [-0.1, -0.05) is 64.1 Å². The van der Waals surface area contributed by atoms with Crippen LogP contribution in [-0.4, -0.2) is 44.0 Å². The summed E-state index contributed by atoms with van der Waals surface area (Å²) in [6.07, 6.45) is 0. The highest BCUT2D eigenvalue weighted by Gasteiger charge is 2.19. The number of nitrogens with one attached hydrogen (secondary N) is 1. The summed E-state index contributed by atoms with van der Waals surface area (Å²) in [6.45, 7) is 13.0. The Morgan fingerprint density at radius 2 is 1.44 bits per heavy atom. The second-order valence-electron chi connectivity index (χ2n) is 9.99. The van der Waals surface area contributed by atoms with E-state index in [0.29, 0.717) is 17.4 Å². The molecule has 1 fully saturated rings. The van der Waals surface area contributed by atoms with Gasteiger partial charge < -0.3 is 15.1 Å². The van der Waals surface area contributed by atoms with Gasteiger partial charge in [-0.05, 0) is 71.5 Å². The first-order valence-electron chi connectivity index (χ1n) is 12.4. The number of carbonyl (C=O) groups excluding carboxylic acids is 1. The number of amides is 1. The van der Waals surface area contributed by atoms with Crippen molar-refractivity contribution in [3.8, 4) is 11.1 Å². The fourth-order valence-electron chi connectivity index (χ4n) is 4.62. The zero-order valence-corrected chi connectivity index (χ0v) is 21.1. The van der Waals surface area contributed by atoms with Gasteiger partial charge in [0.05, 0.1) is 0 Å². The Morgan fingerprint density at radius 1 is 0.794 bits per heavy atom. The molecule has 0 spiro atoms. The summed E-state index contributed by atoms with van der Waals surface area (Å²) in [5, 5.41) is 3.14. The van der Waals surface area contributed by atoms with Gasteiger partial charge in [0.15, 0.2) is 0 Å². The smallest absolute Gasteiger partial charge is 0.256 e. The van der Waals surface area contributed by atoms with Crippen LogP contribution in [0.4, 0.5) is 11.4 Å². The number of hydrogen-bond acceptors (Lipinski definition) is 3. The molecule has 0 aromatic heterocycles. The Morgan fingerprint density at radius 3 is 2.03 bits per heavy atom. The third-order valence-corrected chi connectivity index (χ3v) is 6.82. The maximum atomic E-state index is 13.5. The molecule has 4 nitrogen and oxygen atoms in total. The predicted molar refractivity (Wildman–Crippen MR) is 144 cm³/mol. The largest absolute Gasteiger partial charge is 0.369 e. The van der Waals surface area contributed by atoms with Crippen molar-refractivity contribution in [2.24, 2.45) is 0 Å². The van der Waals surface area contributed by atoms with Crippen LogP contribution in [0, 0.1) is 0 Å². The lowest BCUT2D eigenvalue weighted by Gasteiger charge is -2.34. The molecule has 0 aliphatic carbocycles. The Balaban J connectivity index is 1.59. The van der Waals surface area contributed by atoms with Crippen molar-refractivity contribution in [2.75, 3.05) is 43.4 Å². The third kappa shape index (κ3) is 5.34. The van der Waals surface area contributed by atoms with Crippen molar-refractivity contribution in [1.29, 1.82) is 0 Å². The first-order valence-corrected chi connectivity index (χ1v) is 12.4. The molecule has 1 aliphatic rings. The van der Waals surface area contributed by atoms with E-state index >= 15 is 0 Å². The van der Waals surface area contributed by atoms with Crippen LogP contribution < -0.4 is 10.2 Å². The summed E-state index contributed by atoms with van der Waals surface area (Å²) in [4.78, 5) is 18.2. The van der Waals surface area contributed by atoms with Crippen LogP contribution in [0.1, 0.15) is 61.0 Å². The van der Waals surface area contributed by atoms with Crippen LogP contribution in [-0.2, 0) is 0 Å². The molecule has 34 heavy (non-hydrogen) atoms. The summed E-state index contributed by atoms with van der Waals surface area (Å²) in [7, 11) is 2.16. The SMILES string of the molecule is CC(C)c1ccc(-c2c(C(=O)Nc3ccc(N4CCN(C)CC4)cc3)cccc2C(C)C)cc1. The second kappa shape index (κ2) is 10.4. The highest BCUT2D eigenvalue weighted by atomic mass is 16.1. The normalized spacial score (nSPS) is 14.6. The molecule has 3 aromatic carbocycles. The summed E-state index contributed by atoms with van der Waals surface area (Å²) in [5.74, 6) is 0.721. The van der Waals surface area contributed by atoms with Gasteiger partial charge in [-0.15, -0.1) is 0 Å². The van der Waals surface area contributed by atoms with E-state index in [1.54, 1.807) is 0 Å². The van der Waals surface area contributed by atoms with Crippen molar-refractivity contribution in [2.45, 2.75) is 39.5 Å². The van der Waals surface area contributed by atoms with E-state index in [9.17, 15) is 4.79 Å². The van der Waals surface area contributed by atoms with Crippen LogP contribution in [0.25, 0.3) is 11.1 Å². The maximum absolute atomic E-state index is 13.5. The fraction of sp³-hybridized carbons (Fsp3) is 0.367. The van der Waals surface area contributed by atoms with E-state index in [4.69, 9.17) is 0 Å². The molecule has 0 bridgehead atoms. The van der Waals surface area contributed by atoms with E-state index in [1.807, 2.05) is 24.3 Å². The zero-order chi connectivity index (χ0) is 24.2. The minimum Gasteiger partial charge on any atom is -0.369 e. The first-order chi connectivity index (χ1) is 16.3. The van der Waals surface area contributed by atoms with Crippen LogP contribution in [0.3, 0.4) is 0 Å². The highest BCUT2D eigenvalue weighted by molar-refractivity contribution is 6.09. The van der Waals surface area contributed by atoms with Crippen molar-refractivity contribution in [3.63, 3.8) is 0 Å². The number of carbonyl (C=O) groups is 1. The van der Waals surface area contributed by atoms with E-state index in [-0.39, 0.29) is 5.91 Å². The van der Waals surface area contributed by atoms with E-state index < -0.39 is 0 Å². The molecule has 1 aliphatic heterocycles. The molecule has 0 atom stereocenters. The summed E-state index contributed by atoms with van der Waals surface area (Å²) in [6, 6.07) is 23.0. The molecule has 4 heteroatoms. The van der Waals surface area contributed by atoms with Crippen LogP contribution in [0.5, 0.6) is 0 Å². The Hall–Kier alpha value is -3.11. The molecular weight excluding hydrogens is 418 g/mol. The van der Waals surface area contributed by atoms with Gasteiger partial charge in [0.2, 0.25) is 0 Å². The van der Waals surface area contributed by atoms with Gasteiger partial charge in [-0.2, -0.15) is 0 Å². The molecule has 0 radical (unpaired) electrons. The fourth-order valence-corrected chi connectivity index (χ4v) is 4.62. The van der Waals surface area contributed by atoms with Crippen LogP contribution in [0.15, 0.2) is 66.7 Å². The van der Waals surface area contributed by atoms with E-state index in [1.165, 1.54) is 16.8 Å². The van der Waals surface area contributed by atoms with E-state index in [0.717, 1.165) is 43.0 Å². The van der Waals surface area contributed by atoms with Gasteiger partial charge in [-0.25, -0.2) is 0 Å². The number of nitrogens with zero attached hydrogens (tertiary/aromatic N) is 2. The van der Waals surface area contributed by atoms with E-state index in [2.05, 4.69) is 92.3 Å². The topological polar surface area (TPSA) is 35.6 Å². The Labute approximate surface area is 204 Å². The molecule has 1 N–H and O–H groups in total. The van der Waals surface area contributed by atoms with Crippen LogP contribution >= 0.6 is 0 Å². The molecule has 1 saturated heterocycles. The molecule has 4 rings (SSSR count). The molecule has 1 amide bonds. The first kappa shape index (κ1) is 24.0. The van der Waals surface area contributed by atoms with Gasteiger partial charge in [0.1, 0.15) is 0 Å². The number of rotatable bonds is 6. The molecule has 0 unspecified atom stereocenters. The van der Waals surface area contributed by atoms with Crippen LogP contribution in [0.2, 0.25) is 0 Å². The lowest BCUT2D eigenvalue weighted by molar-refractivity contribution is 0.102. The van der Waals surface area contributed by atoms with Crippen molar-refractivity contribution in [1.82, 2.24) is 4.90 Å². The molecule has 0 saturated carbocycles. The minimum absolute atomic E-state index is 0.0715. The number of hydrogen-bond donors (Lipinski definition) is 1. The standard InChI is InChI=1S/C30H37N3O/c1-21(2)23-9-11-24(12-10-23)29-27(22(3)4)7-6-8-28(29)30(34)31-25-13-15-26(16-14-25)33-19-17-32(5)18-20-33/h6-16,21-22H,17-20H2,1-5H3,(H,31,34). The zero-order valence-electron chi connectivity index (χ0n) is 21.1. The van der Waals surface area contributed by atoms with Gasteiger partial charge >= 0.3 is 0 Å². The predicted octanol–water partition coefficient (Wildman–Crippen LogP) is 6.60. The Kier molecular flexibility index (Phi) is 7.38. The molecule has 1 heterocycles. The van der Waals surface area contributed by atoms with Crippen molar-refractivity contribution in [3.05, 3.63) is 83.4 Å². The quantitative estimate of drug-likeness (QED) is 0.455. The molecule has 178 valence electrons. The molecule has 3 aromatic rings. The number of benzene rings is 3. The number of likely N-dealkylation sites (N-methyl/N-ethyl adjacent to an activating group) is 1. The summed E-state index contributed by atoms with van der Waals surface area (Å²) in [5.41, 5.74) is 7.35. The van der Waals surface area contributed by atoms with Crippen molar-refractivity contribution >= 4 is 17.3 Å². The van der Waals surface area contributed by atoms with Gasteiger partial charge in [-0.3, -0.25) is 4.79 Å². The average Bonchev–Trinajstić information content (AvgIpc) is 2.84. The Bertz CT molecular complexity index is 1110. The number of anilines is 2. The minimum atomic E-state index is -0.0715. The average molecular weight is 456 g/mol. The molecular formula is C30H37N3O. The van der Waals surface area contributed by atoms with Crippen molar-refractivity contribution < 1.29 is 4.79 Å².